The number of amides is 1. The number of aryl methyl sites for hydroxylation is 2. The van der Waals surface area contributed by atoms with Crippen molar-refractivity contribution in [1.82, 2.24) is 15.0 Å². The standard InChI is InChI=1S/C13H16N4O2/c1-17-14-9-12(16-17)15-13(18)7-6-10-4-3-5-11(8-10)19-2/h3-5,8-9H,6-7H2,1-2H3,(H,15,16,18). The third-order valence-electron chi connectivity index (χ3n) is 2.64. The molecule has 1 amide bonds. The average Bonchev–Trinajstić information content (AvgIpc) is 2.82. The van der Waals surface area contributed by atoms with Crippen molar-refractivity contribution in [3.63, 3.8) is 0 Å². The van der Waals surface area contributed by atoms with E-state index in [1.165, 1.54) is 11.0 Å². The molecule has 0 bridgehead atoms. The summed E-state index contributed by atoms with van der Waals surface area (Å²) in [7, 11) is 3.33. The third-order valence-corrected chi connectivity index (χ3v) is 2.64. The minimum absolute atomic E-state index is 0.0803. The Morgan fingerprint density at radius 3 is 3.00 bits per heavy atom. The highest BCUT2D eigenvalue weighted by Gasteiger charge is 2.06. The van der Waals surface area contributed by atoms with Gasteiger partial charge in [-0.25, -0.2) is 0 Å². The second-order valence-corrected chi connectivity index (χ2v) is 4.12. The Bertz CT molecular complexity index is 565. The van der Waals surface area contributed by atoms with Crippen molar-refractivity contribution in [2.45, 2.75) is 12.8 Å². The van der Waals surface area contributed by atoms with E-state index in [1.54, 1.807) is 14.2 Å². The number of methoxy groups -OCH3 is 1. The second-order valence-electron chi connectivity index (χ2n) is 4.12. The molecular formula is C13H16N4O2. The largest absolute Gasteiger partial charge is 0.497 e. The number of hydrogen-bond donors (Lipinski definition) is 1. The van der Waals surface area contributed by atoms with Crippen LogP contribution >= 0.6 is 0 Å². The van der Waals surface area contributed by atoms with Crippen LogP contribution in [0.1, 0.15) is 12.0 Å². The molecule has 0 fully saturated rings. The minimum Gasteiger partial charge on any atom is -0.497 e. The molecule has 2 aromatic rings. The van der Waals surface area contributed by atoms with Crippen LogP contribution in [0.4, 0.5) is 5.82 Å². The summed E-state index contributed by atoms with van der Waals surface area (Å²) in [4.78, 5) is 13.1. The quantitative estimate of drug-likeness (QED) is 0.882. The molecule has 0 aliphatic rings. The highest BCUT2D eigenvalue weighted by Crippen LogP contribution is 2.14. The van der Waals surface area contributed by atoms with E-state index >= 15 is 0 Å². The first-order valence-corrected chi connectivity index (χ1v) is 5.96. The number of benzene rings is 1. The maximum atomic E-state index is 11.7. The van der Waals surface area contributed by atoms with E-state index < -0.39 is 0 Å². The summed E-state index contributed by atoms with van der Waals surface area (Å²) in [5.74, 6) is 1.19. The molecule has 0 atom stereocenters. The molecule has 0 unspecified atom stereocenters. The van der Waals surface area contributed by atoms with Gasteiger partial charge in [-0.1, -0.05) is 12.1 Å². The topological polar surface area (TPSA) is 69.0 Å². The van der Waals surface area contributed by atoms with Gasteiger partial charge in [0.2, 0.25) is 5.91 Å². The molecule has 0 aliphatic heterocycles. The molecule has 0 saturated carbocycles. The van der Waals surface area contributed by atoms with E-state index in [1.807, 2.05) is 24.3 Å². The number of rotatable bonds is 5. The molecule has 2 rings (SSSR count). The molecule has 0 spiro atoms. The molecule has 100 valence electrons. The van der Waals surface area contributed by atoms with Crippen molar-refractivity contribution >= 4 is 11.7 Å². The molecule has 1 N–H and O–H groups in total. The van der Waals surface area contributed by atoms with Gasteiger partial charge in [-0.05, 0) is 24.1 Å². The van der Waals surface area contributed by atoms with Gasteiger partial charge in [-0.15, -0.1) is 5.10 Å². The molecule has 1 aromatic carbocycles. The number of aromatic nitrogens is 3. The number of hydrogen-bond acceptors (Lipinski definition) is 4. The Morgan fingerprint density at radius 2 is 2.32 bits per heavy atom. The first-order valence-electron chi connectivity index (χ1n) is 5.96. The summed E-state index contributed by atoms with van der Waals surface area (Å²) >= 11 is 0. The summed E-state index contributed by atoms with van der Waals surface area (Å²) in [6, 6.07) is 7.69. The maximum Gasteiger partial charge on any atom is 0.225 e. The highest BCUT2D eigenvalue weighted by atomic mass is 16.5. The maximum absolute atomic E-state index is 11.7. The number of carbonyl (C=O) groups excluding carboxylic acids is 1. The zero-order chi connectivity index (χ0) is 13.7. The molecule has 0 radical (unpaired) electrons. The molecule has 0 saturated heterocycles. The number of anilines is 1. The first-order chi connectivity index (χ1) is 9.17. The average molecular weight is 260 g/mol. The summed E-state index contributed by atoms with van der Waals surface area (Å²) in [6.07, 6.45) is 2.57. The Hall–Kier alpha value is -2.37. The van der Waals surface area contributed by atoms with Crippen LogP contribution in [0.15, 0.2) is 30.5 Å². The second kappa shape index (κ2) is 5.99. The lowest BCUT2D eigenvalue weighted by atomic mass is 10.1. The van der Waals surface area contributed by atoms with E-state index in [9.17, 15) is 4.79 Å². The van der Waals surface area contributed by atoms with Gasteiger partial charge in [0.1, 0.15) is 5.75 Å². The summed E-state index contributed by atoms with van der Waals surface area (Å²) in [5, 5.41) is 10.6. The molecule has 19 heavy (non-hydrogen) atoms. The van der Waals surface area contributed by atoms with Gasteiger partial charge in [0.05, 0.1) is 13.3 Å². The van der Waals surface area contributed by atoms with Gasteiger partial charge < -0.3 is 10.1 Å². The number of ether oxygens (including phenoxy) is 1. The molecule has 0 aliphatic carbocycles. The lowest BCUT2D eigenvalue weighted by Crippen LogP contribution is -2.13. The van der Waals surface area contributed by atoms with Gasteiger partial charge in [0, 0.05) is 13.5 Å². The fourth-order valence-electron chi connectivity index (χ4n) is 1.69. The number of carbonyl (C=O) groups is 1. The SMILES string of the molecule is COc1cccc(CCC(=O)Nc2cnn(C)n2)c1. The van der Waals surface area contributed by atoms with Crippen molar-refractivity contribution in [2.24, 2.45) is 7.05 Å². The van der Waals surface area contributed by atoms with Gasteiger partial charge in [-0.2, -0.15) is 9.90 Å². The van der Waals surface area contributed by atoms with Crippen LogP contribution in [0.5, 0.6) is 5.75 Å². The van der Waals surface area contributed by atoms with E-state index in [0.29, 0.717) is 18.7 Å². The van der Waals surface area contributed by atoms with Gasteiger partial charge in [0.25, 0.3) is 0 Å². The van der Waals surface area contributed by atoms with E-state index in [-0.39, 0.29) is 5.91 Å². The Labute approximate surface area is 111 Å². The minimum atomic E-state index is -0.0803. The van der Waals surface area contributed by atoms with Crippen LogP contribution in [-0.4, -0.2) is 28.0 Å². The summed E-state index contributed by atoms with van der Waals surface area (Å²) in [5.41, 5.74) is 1.06. The molecule has 6 nitrogen and oxygen atoms in total. The van der Waals surface area contributed by atoms with Crippen molar-refractivity contribution < 1.29 is 9.53 Å². The number of nitrogens with zero attached hydrogens (tertiary/aromatic N) is 3. The smallest absolute Gasteiger partial charge is 0.225 e. The van der Waals surface area contributed by atoms with Crippen LogP contribution < -0.4 is 10.1 Å². The summed E-state index contributed by atoms with van der Waals surface area (Å²) < 4.78 is 5.14. The lowest BCUT2D eigenvalue weighted by Gasteiger charge is -2.04. The Balaban J connectivity index is 1.86. The fourth-order valence-corrected chi connectivity index (χ4v) is 1.69. The monoisotopic (exact) mass is 260 g/mol. The van der Waals surface area contributed by atoms with Crippen molar-refractivity contribution in [2.75, 3.05) is 12.4 Å². The Morgan fingerprint density at radius 1 is 1.47 bits per heavy atom. The summed E-state index contributed by atoms with van der Waals surface area (Å²) in [6.45, 7) is 0. The van der Waals surface area contributed by atoms with Crippen molar-refractivity contribution in [1.29, 1.82) is 0 Å². The predicted octanol–water partition coefficient (Wildman–Crippen LogP) is 1.39. The van der Waals surface area contributed by atoms with Gasteiger partial charge in [-0.3, -0.25) is 4.79 Å². The van der Waals surface area contributed by atoms with Gasteiger partial charge in [0.15, 0.2) is 5.82 Å². The van der Waals surface area contributed by atoms with E-state index in [2.05, 4.69) is 15.5 Å². The van der Waals surface area contributed by atoms with Crippen LogP contribution in [0.3, 0.4) is 0 Å². The van der Waals surface area contributed by atoms with Crippen LogP contribution in [-0.2, 0) is 18.3 Å². The van der Waals surface area contributed by atoms with E-state index in [4.69, 9.17) is 4.74 Å². The zero-order valence-electron chi connectivity index (χ0n) is 11.0. The third kappa shape index (κ3) is 3.80. The fraction of sp³-hybridized carbons (Fsp3) is 0.308. The number of nitrogens with one attached hydrogen (secondary N) is 1. The molecule has 1 aromatic heterocycles. The molecule has 1 heterocycles. The van der Waals surface area contributed by atoms with Crippen molar-refractivity contribution in [3.05, 3.63) is 36.0 Å². The molecule has 6 heteroatoms. The zero-order valence-corrected chi connectivity index (χ0v) is 11.0. The van der Waals surface area contributed by atoms with Crippen LogP contribution in [0.2, 0.25) is 0 Å². The normalized spacial score (nSPS) is 10.2. The van der Waals surface area contributed by atoms with Crippen molar-refractivity contribution in [3.8, 4) is 5.75 Å². The predicted molar refractivity (Wildman–Crippen MR) is 70.9 cm³/mol. The van der Waals surface area contributed by atoms with E-state index in [0.717, 1.165) is 11.3 Å². The Kier molecular flexibility index (Phi) is 4.12. The lowest BCUT2D eigenvalue weighted by molar-refractivity contribution is -0.116. The van der Waals surface area contributed by atoms with Crippen LogP contribution in [0.25, 0.3) is 0 Å². The van der Waals surface area contributed by atoms with Gasteiger partial charge >= 0.3 is 0 Å². The first kappa shape index (κ1) is 13.1. The molecular weight excluding hydrogens is 244 g/mol. The highest BCUT2D eigenvalue weighted by molar-refractivity contribution is 5.89. The van der Waals surface area contributed by atoms with Crippen LogP contribution in [0, 0.1) is 0 Å².